The van der Waals surface area contributed by atoms with Crippen molar-refractivity contribution in [3.63, 3.8) is 0 Å². The van der Waals surface area contributed by atoms with Gasteiger partial charge in [0.25, 0.3) is 0 Å². The molecule has 2 amide bonds. The molecule has 0 radical (unpaired) electrons. The first-order valence-corrected chi connectivity index (χ1v) is 12.6. The van der Waals surface area contributed by atoms with E-state index in [2.05, 4.69) is 21.2 Å². The third-order valence-corrected chi connectivity index (χ3v) is 7.80. The summed E-state index contributed by atoms with van der Waals surface area (Å²) < 4.78 is 29.4. The van der Waals surface area contributed by atoms with Crippen molar-refractivity contribution in [1.82, 2.24) is 9.62 Å². The van der Waals surface area contributed by atoms with Crippen molar-refractivity contribution in [2.45, 2.75) is 63.8 Å². The van der Waals surface area contributed by atoms with Gasteiger partial charge in [0.15, 0.2) is 0 Å². The molecule has 0 aliphatic carbocycles. The Hall–Kier alpha value is -1.45. The molecule has 0 bridgehead atoms. The lowest BCUT2D eigenvalue weighted by Crippen LogP contribution is -2.49. The van der Waals surface area contributed by atoms with Gasteiger partial charge in [-0.15, -0.1) is 0 Å². The molecule has 0 saturated carbocycles. The van der Waals surface area contributed by atoms with Crippen LogP contribution in [0.5, 0.6) is 0 Å². The Balaban J connectivity index is 1.94. The van der Waals surface area contributed by atoms with Gasteiger partial charge in [-0.2, -0.15) is 4.31 Å². The summed E-state index contributed by atoms with van der Waals surface area (Å²) >= 11 is 3.42. The van der Waals surface area contributed by atoms with Crippen LogP contribution in [0.4, 0.5) is 5.69 Å². The molecular formula is C21H30BrN3O4S. The van der Waals surface area contributed by atoms with E-state index in [4.69, 9.17) is 0 Å². The fourth-order valence-electron chi connectivity index (χ4n) is 4.09. The lowest BCUT2D eigenvalue weighted by atomic mass is 9.97. The van der Waals surface area contributed by atoms with Gasteiger partial charge in [-0.05, 0) is 57.7 Å². The summed E-state index contributed by atoms with van der Waals surface area (Å²) in [7, 11) is -3.87. The highest BCUT2D eigenvalue weighted by Crippen LogP contribution is 2.39. The minimum absolute atomic E-state index is 0.0893. The van der Waals surface area contributed by atoms with Gasteiger partial charge in [0.1, 0.15) is 4.90 Å². The zero-order chi connectivity index (χ0) is 22.3. The van der Waals surface area contributed by atoms with Crippen LogP contribution in [0.3, 0.4) is 0 Å². The zero-order valence-corrected chi connectivity index (χ0v) is 20.4. The number of halogens is 1. The third kappa shape index (κ3) is 4.73. The number of benzene rings is 1. The van der Waals surface area contributed by atoms with Crippen molar-refractivity contribution in [3.05, 3.63) is 22.2 Å². The molecule has 2 heterocycles. The Morgan fingerprint density at radius 3 is 2.57 bits per heavy atom. The van der Waals surface area contributed by atoms with Crippen molar-refractivity contribution >= 4 is 43.5 Å². The van der Waals surface area contributed by atoms with E-state index in [1.165, 1.54) is 4.31 Å². The Morgan fingerprint density at radius 1 is 1.23 bits per heavy atom. The fourth-order valence-corrected chi connectivity index (χ4v) is 6.53. The maximum atomic E-state index is 13.6. The highest BCUT2D eigenvalue weighted by Gasteiger charge is 2.38. The topological polar surface area (TPSA) is 86.8 Å². The van der Waals surface area contributed by atoms with Gasteiger partial charge in [0.05, 0.1) is 11.6 Å². The highest BCUT2D eigenvalue weighted by atomic mass is 79.9. The van der Waals surface area contributed by atoms with E-state index in [1.807, 2.05) is 26.8 Å². The van der Waals surface area contributed by atoms with Gasteiger partial charge in [-0.25, -0.2) is 8.42 Å². The standard InChI is InChI=1S/C21H30BrN3O4S/c1-5-18(26)25-10-8-14-11-16(22)12-17(19(14)25)30(28,29)24-9-6-7-15(13-24)20(27)23-21(2,3)4/h11-12,15H,5-10,13H2,1-4H3,(H,23,27)/t15-/m0/s1. The molecule has 0 unspecified atom stereocenters. The van der Waals surface area contributed by atoms with Crippen LogP contribution in [-0.2, 0) is 26.0 Å². The lowest BCUT2D eigenvalue weighted by molar-refractivity contribution is -0.127. The largest absolute Gasteiger partial charge is 0.351 e. The van der Waals surface area contributed by atoms with Crippen LogP contribution in [0, 0.1) is 5.92 Å². The maximum Gasteiger partial charge on any atom is 0.245 e. The number of nitrogens with zero attached hydrogens (tertiary/aromatic N) is 2. The number of hydrogen-bond acceptors (Lipinski definition) is 4. The molecule has 2 aliphatic rings. The van der Waals surface area contributed by atoms with Gasteiger partial charge in [-0.3, -0.25) is 9.59 Å². The van der Waals surface area contributed by atoms with Crippen LogP contribution >= 0.6 is 15.9 Å². The smallest absolute Gasteiger partial charge is 0.245 e. The van der Waals surface area contributed by atoms with Gasteiger partial charge in [0, 0.05) is 36.1 Å². The Morgan fingerprint density at radius 2 is 1.93 bits per heavy atom. The average molecular weight is 500 g/mol. The molecule has 7 nitrogen and oxygen atoms in total. The van der Waals surface area contributed by atoms with Gasteiger partial charge < -0.3 is 10.2 Å². The summed E-state index contributed by atoms with van der Waals surface area (Å²) in [4.78, 5) is 26.8. The van der Waals surface area contributed by atoms with E-state index in [0.717, 1.165) is 5.56 Å². The normalized spacial score (nSPS) is 20.2. The minimum Gasteiger partial charge on any atom is -0.351 e. The maximum absolute atomic E-state index is 13.6. The molecule has 1 aromatic rings. The van der Waals surface area contributed by atoms with Crippen LogP contribution in [0.1, 0.15) is 52.5 Å². The number of nitrogens with one attached hydrogen (secondary N) is 1. The first kappa shape index (κ1) is 23.2. The minimum atomic E-state index is -3.87. The second kappa shape index (κ2) is 8.59. The van der Waals surface area contributed by atoms with E-state index >= 15 is 0 Å². The average Bonchev–Trinajstić information content (AvgIpc) is 3.09. The van der Waals surface area contributed by atoms with E-state index < -0.39 is 10.0 Å². The monoisotopic (exact) mass is 499 g/mol. The molecule has 0 spiro atoms. The van der Waals surface area contributed by atoms with Crippen molar-refractivity contribution < 1.29 is 18.0 Å². The van der Waals surface area contributed by atoms with Crippen LogP contribution in [-0.4, -0.2) is 49.7 Å². The molecule has 166 valence electrons. The summed E-state index contributed by atoms with van der Waals surface area (Å²) in [6.45, 7) is 8.50. The lowest BCUT2D eigenvalue weighted by Gasteiger charge is -2.33. The molecule has 2 aliphatic heterocycles. The zero-order valence-electron chi connectivity index (χ0n) is 18.0. The van der Waals surface area contributed by atoms with Gasteiger partial charge in [0.2, 0.25) is 21.8 Å². The quantitative estimate of drug-likeness (QED) is 0.689. The molecule has 1 N–H and O–H groups in total. The summed E-state index contributed by atoms with van der Waals surface area (Å²) in [5, 5.41) is 2.96. The molecule has 1 atom stereocenters. The van der Waals surface area contributed by atoms with Crippen molar-refractivity contribution in [2.24, 2.45) is 5.92 Å². The summed E-state index contributed by atoms with van der Waals surface area (Å²) in [5.41, 5.74) is 0.972. The summed E-state index contributed by atoms with van der Waals surface area (Å²) in [6, 6.07) is 3.46. The van der Waals surface area contributed by atoms with E-state index in [9.17, 15) is 18.0 Å². The third-order valence-electron chi connectivity index (χ3n) is 5.47. The number of sulfonamides is 1. The first-order chi connectivity index (χ1) is 13.9. The number of amides is 2. The Labute approximate surface area is 187 Å². The highest BCUT2D eigenvalue weighted by molar-refractivity contribution is 9.10. The number of anilines is 1. The second-order valence-electron chi connectivity index (χ2n) is 9.00. The van der Waals surface area contributed by atoms with Crippen LogP contribution in [0.2, 0.25) is 0 Å². The number of hydrogen-bond donors (Lipinski definition) is 1. The SMILES string of the molecule is CCC(=O)N1CCc2cc(Br)cc(S(=O)(=O)N3CCC[C@H](C(=O)NC(C)(C)C)C3)c21. The molecular weight excluding hydrogens is 470 g/mol. The van der Waals surface area contributed by atoms with Gasteiger partial charge in [-0.1, -0.05) is 22.9 Å². The predicted molar refractivity (Wildman–Crippen MR) is 120 cm³/mol. The molecule has 1 aromatic carbocycles. The van der Waals surface area contributed by atoms with E-state index in [-0.39, 0.29) is 34.7 Å². The molecule has 3 rings (SSSR count). The number of piperidine rings is 1. The molecule has 1 fully saturated rings. The van der Waals surface area contributed by atoms with Gasteiger partial charge >= 0.3 is 0 Å². The Kier molecular flexibility index (Phi) is 6.65. The Bertz CT molecular complexity index is 956. The number of fused-ring (bicyclic) bond motifs is 1. The molecule has 30 heavy (non-hydrogen) atoms. The molecule has 0 aromatic heterocycles. The van der Waals surface area contributed by atoms with Crippen LogP contribution in [0.15, 0.2) is 21.5 Å². The number of carbonyl (C=O) groups is 2. The van der Waals surface area contributed by atoms with Crippen molar-refractivity contribution in [2.75, 3.05) is 24.5 Å². The summed E-state index contributed by atoms with van der Waals surface area (Å²) in [6.07, 6.45) is 2.22. The molecule has 1 saturated heterocycles. The van der Waals surface area contributed by atoms with E-state index in [0.29, 0.717) is 48.9 Å². The van der Waals surface area contributed by atoms with E-state index in [1.54, 1.807) is 17.9 Å². The number of carbonyl (C=O) groups excluding carboxylic acids is 2. The van der Waals surface area contributed by atoms with Crippen molar-refractivity contribution in [1.29, 1.82) is 0 Å². The van der Waals surface area contributed by atoms with Crippen molar-refractivity contribution in [3.8, 4) is 0 Å². The van der Waals surface area contributed by atoms with Crippen LogP contribution in [0.25, 0.3) is 0 Å². The fraction of sp³-hybridized carbons (Fsp3) is 0.619. The number of rotatable bonds is 4. The summed E-state index contributed by atoms with van der Waals surface area (Å²) in [5.74, 6) is -0.598. The molecule has 9 heteroatoms. The van der Waals surface area contributed by atoms with Crippen LogP contribution < -0.4 is 10.2 Å². The second-order valence-corrected chi connectivity index (χ2v) is 11.8. The predicted octanol–water partition coefficient (Wildman–Crippen LogP) is 3.06. The first-order valence-electron chi connectivity index (χ1n) is 10.4.